The van der Waals surface area contributed by atoms with Crippen molar-refractivity contribution in [3.8, 4) is 5.75 Å². The molecule has 146 valence electrons. The van der Waals surface area contributed by atoms with Gasteiger partial charge in [-0.2, -0.15) is 0 Å². The molecule has 1 heteroatoms. The summed E-state index contributed by atoms with van der Waals surface area (Å²) in [6.45, 7) is 5.57. The second-order valence-corrected chi connectivity index (χ2v) is 8.98. The minimum Gasteiger partial charge on any atom is -0.494 e. The van der Waals surface area contributed by atoms with Gasteiger partial charge in [0.15, 0.2) is 0 Å². The van der Waals surface area contributed by atoms with E-state index in [-0.39, 0.29) is 0 Å². The first-order valence-corrected chi connectivity index (χ1v) is 11.5. The van der Waals surface area contributed by atoms with Gasteiger partial charge in [-0.15, -0.1) is 0 Å². The van der Waals surface area contributed by atoms with Crippen molar-refractivity contribution in [3.63, 3.8) is 0 Å². The van der Waals surface area contributed by atoms with Crippen LogP contribution in [0, 0.1) is 17.8 Å². The van der Waals surface area contributed by atoms with E-state index in [1.165, 1.54) is 82.6 Å². The van der Waals surface area contributed by atoms with Gasteiger partial charge in [-0.3, -0.25) is 0 Å². The molecule has 2 saturated carbocycles. The number of ether oxygens (including phenoxy) is 1. The molecule has 0 amide bonds. The van der Waals surface area contributed by atoms with Crippen molar-refractivity contribution in [2.75, 3.05) is 6.61 Å². The van der Waals surface area contributed by atoms with Gasteiger partial charge in [-0.05, 0) is 79.9 Å². The Hall–Kier alpha value is -0.980. The van der Waals surface area contributed by atoms with E-state index in [0.29, 0.717) is 0 Å². The summed E-state index contributed by atoms with van der Waals surface area (Å²) in [4.78, 5) is 0. The summed E-state index contributed by atoms with van der Waals surface area (Å²) in [5.74, 6) is 4.79. The molecule has 26 heavy (non-hydrogen) atoms. The predicted octanol–water partition coefficient (Wildman–Crippen LogP) is 7.75. The lowest BCUT2D eigenvalue weighted by Gasteiger charge is -2.28. The smallest absolute Gasteiger partial charge is 0.119 e. The topological polar surface area (TPSA) is 9.23 Å². The molecule has 0 unspecified atom stereocenters. The van der Waals surface area contributed by atoms with Crippen LogP contribution in [0.25, 0.3) is 0 Å². The summed E-state index contributed by atoms with van der Waals surface area (Å²) in [6, 6.07) is 9.04. The van der Waals surface area contributed by atoms with Crippen LogP contribution in [0.4, 0.5) is 0 Å². The van der Waals surface area contributed by atoms with Gasteiger partial charge in [0, 0.05) is 0 Å². The summed E-state index contributed by atoms with van der Waals surface area (Å²) in [6.07, 6.45) is 16.7. The van der Waals surface area contributed by atoms with E-state index in [0.717, 1.165) is 36.0 Å². The molecule has 0 saturated heterocycles. The van der Waals surface area contributed by atoms with E-state index >= 15 is 0 Å². The number of rotatable bonds is 8. The highest BCUT2D eigenvalue weighted by atomic mass is 16.5. The van der Waals surface area contributed by atoms with Gasteiger partial charge in [0.25, 0.3) is 0 Å². The van der Waals surface area contributed by atoms with Crippen LogP contribution in [-0.4, -0.2) is 6.61 Å². The van der Waals surface area contributed by atoms with Gasteiger partial charge in [0.2, 0.25) is 0 Å². The predicted molar refractivity (Wildman–Crippen MR) is 112 cm³/mol. The van der Waals surface area contributed by atoms with Gasteiger partial charge in [-0.25, -0.2) is 0 Å². The zero-order valence-electron chi connectivity index (χ0n) is 17.2. The lowest BCUT2D eigenvalue weighted by molar-refractivity contribution is 0.234. The van der Waals surface area contributed by atoms with Crippen LogP contribution >= 0.6 is 0 Å². The molecule has 0 aliphatic heterocycles. The summed E-state index contributed by atoms with van der Waals surface area (Å²) in [5.41, 5.74) is 1.53. The second kappa shape index (κ2) is 10.4. The molecule has 1 aromatic rings. The Morgan fingerprint density at radius 3 is 1.85 bits per heavy atom. The third-order valence-electron chi connectivity index (χ3n) is 7.34. The summed E-state index contributed by atoms with van der Waals surface area (Å²) in [5, 5.41) is 0. The second-order valence-electron chi connectivity index (χ2n) is 8.98. The standard InChI is InChI=1S/C25H40O/c1-3-20-7-9-22(10-8-20)6-5-19-26-25-17-15-24(16-18-25)23-13-11-21(4-2)12-14-23/h15-18,20-23H,3-14,19H2,1-2H3. The SMILES string of the molecule is CCC1CCC(CCCOc2ccc(C3CCC(CC)CC3)cc2)CC1. The largest absolute Gasteiger partial charge is 0.494 e. The van der Waals surface area contributed by atoms with Crippen molar-refractivity contribution >= 4 is 0 Å². The molecule has 2 fully saturated rings. The molecule has 0 atom stereocenters. The normalized spacial score (nSPS) is 29.5. The van der Waals surface area contributed by atoms with Crippen molar-refractivity contribution in [3.05, 3.63) is 29.8 Å². The highest BCUT2D eigenvalue weighted by molar-refractivity contribution is 5.29. The fraction of sp³-hybridized carbons (Fsp3) is 0.760. The molecule has 2 aliphatic rings. The quantitative estimate of drug-likeness (QED) is 0.433. The molecule has 0 aromatic heterocycles. The Bertz CT molecular complexity index is 489. The van der Waals surface area contributed by atoms with Crippen molar-refractivity contribution in [1.29, 1.82) is 0 Å². The Kier molecular flexibility index (Phi) is 7.89. The molecular formula is C25H40O. The van der Waals surface area contributed by atoms with Crippen LogP contribution in [-0.2, 0) is 0 Å². The van der Waals surface area contributed by atoms with E-state index in [1.807, 2.05) is 0 Å². The number of hydrogen-bond acceptors (Lipinski definition) is 1. The zero-order valence-corrected chi connectivity index (χ0v) is 17.2. The lowest BCUT2D eigenvalue weighted by atomic mass is 9.78. The highest BCUT2D eigenvalue weighted by Gasteiger charge is 2.21. The van der Waals surface area contributed by atoms with Crippen molar-refractivity contribution in [2.24, 2.45) is 17.8 Å². The van der Waals surface area contributed by atoms with E-state index in [9.17, 15) is 0 Å². The molecule has 0 heterocycles. The van der Waals surface area contributed by atoms with Gasteiger partial charge >= 0.3 is 0 Å². The summed E-state index contributed by atoms with van der Waals surface area (Å²) < 4.78 is 6.02. The third-order valence-corrected chi connectivity index (χ3v) is 7.34. The van der Waals surface area contributed by atoms with Gasteiger partial charge in [-0.1, -0.05) is 64.5 Å². The van der Waals surface area contributed by atoms with Crippen molar-refractivity contribution in [1.82, 2.24) is 0 Å². The van der Waals surface area contributed by atoms with Crippen LogP contribution in [0.15, 0.2) is 24.3 Å². The van der Waals surface area contributed by atoms with E-state index in [4.69, 9.17) is 4.74 Å². The molecule has 0 N–H and O–H groups in total. The molecule has 1 aromatic carbocycles. The Balaban J connectivity index is 1.33. The average molecular weight is 357 g/mol. The van der Waals surface area contributed by atoms with Gasteiger partial charge < -0.3 is 4.74 Å². The van der Waals surface area contributed by atoms with Crippen LogP contribution < -0.4 is 4.74 Å². The Labute approximate surface area is 161 Å². The average Bonchev–Trinajstić information content (AvgIpc) is 2.72. The first kappa shape index (κ1) is 19.8. The highest BCUT2D eigenvalue weighted by Crippen LogP contribution is 2.37. The summed E-state index contributed by atoms with van der Waals surface area (Å²) in [7, 11) is 0. The van der Waals surface area contributed by atoms with E-state index < -0.39 is 0 Å². The molecule has 0 spiro atoms. The maximum Gasteiger partial charge on any atom is 0.119 e. The first-order valence-electron chi connectivity index (χ1n) is 11.5. The van der Waals surface area contributed by atoms with Gasteiger partial charge in [0.05, 0.1) is 6.61 Å². The van der Waals surface area contributed by atoms with Crippen molar-refractivity contribution in [2.45, 2.75) is 96.8 Å². The van der Waals surface area contributed by atoms with E-state index in [1.54, 1.807) is 0 Å². The summed E-state index contributed by atoms with van der Waals surface area (Å²) >= 11 is 0. The fourth-order valence-electron chi connectivity index (χ4n) is 5.23. The maximum atomic E-state index is 6.02. The fourth-order valence-corrected chi connectivity index (χ4v) is 5.23. The lowest BCUT2D eigenvalue weighted by Crippen LogP contribution is -2.14. The Morgan fingerprint density at radius 2 is 1.27 bits per heavy atom. The van der Waals surface area contributed by atoms with Crippen LogP contribution in [0.3, 0.4) is 0 Å². The van der Waals surface area contributed by atoms with Gasteiger partial charge in [0.1, 0.15) is 5.75 Å². The first-order chi connectivity index (χ1) is 12.8. The molecule has 0 bridgehead atoms. The molecular weight excluding hydrogens is 316 g/mol. The third kappa shape index (κ3) is 5.76. The molecule has 2 aliphatic carbocycles. The number of benzene rings is 1. The minimum atomic E-state index is 0.782. The minimum absolute atomic E-state index is 0.782. The maximum absolute atomic E-state index is 6.02. The monoisotopic (exact) mass is 356 g/mol. The van der Waals surface area contributed by atoms with Crippen LogP contribution in [0.1, 0.15) is 102 Å². The van der Waals surface area contributed by atoms with E-state index in [2.05, 4.69) is 38.1 Å². The van der Waals surface area contributed by atoms with Crippen LogP contribution in [0.2, 0.25) is 0 Å². The zero-order chi connectivity index (χ0) is 18.2. The van der Waals surface area contributed by atoms with Crippen LogP contribution in [0.5, 0.6) is 5.75 Å². The van der Waals surface area contributed by atoms with Crippen molar-refractivity contribution < 1.29 is 4.74 Å². The molecule has 1 nitrogen and oxygen atoms in total. The molecule has 3 rings (SSSR count). The molecule has 0 radical (unpaired) electrons. The Morgan fingerprint density at radius 1 is 0.731 bits per heavy atom. The number of hydrogen-bond donors (Lipinski definition) is 0.